The number of nitro benzene ring substituents is 1. The van der Waals surface area contributed by atoms with Crippen molar-refractivity contribution in [1.29, 1.82) is 0 Å². The van der Waals surface area contributed by atoms with Crippen molar-refractivity contribution >= 4 is 17.2 Å². The summed E-state index contributed by atoms with van der Waals surface area (Å²) in [5, 5.41) is 10.6. The topological polar surface area (TPSA) is 95.5 Å². The summed E-state index contributed by atoms with van der Waals surface area (Å²) in [5.41, 5.74) is 4.50. The zero-order valence-corrected chi connectivity index (χ0v) is 9.35. The summed E-state index contributed by atoms with van der Waals surface area (Å²) < 4.78 is 28.7. The standard InChI is InChI=1S/C10H10F2N2O4/c1-5(15)6-2-8(14(16)17)7(13)3-9(6)18-4-10(11)12/h2-3,10H,4,13H2,1H3. The number of benzene rings is 1. The minimum Gasteiger partial charge on any atom is -0.487 e. The third kappa shape index (κ3) is 3.12. The molecule has 6 nitrogen and oxygen atoms in total. The summed E-state index contributed by atoms with van der Waals surface area (Å²) >= 11 is 0. The van der Waals surface area contributed by atoms with Gasteiger partial charge in [-0.2, -0.15) is 0 Å². The van der Waals surface area contributed by atoms with Crippen LogP contribution in [0.25, 0.3) is 0 Å². The Kier molecular flexibility index (Phi) is 4.13. The molecule has 0 saturated heterocycles. The van der Waals surface area contributed by atoms with Crippen LogP contribution in [0.3, 0.4) is 0 Å². The Labute approximate surface area is 100 Å². The van der Waals surface area contributed by atoms with Gasteiger partial charge in [0.05, 0.1) is 10.5 Å². The van der Waals surface area contributed by atoms with Gasteiger partial charge in [-0.15, -0.1) is 0 Å². The predicted molar refractivity (Wildman–Crippen MR) is 59.0 cm³/mol. The third-order valence-corrected chi connectivity index (χ3v) is 2.07. The van der Waals surface area contributed by atoms with E-state index in [0.29, 0.717) is 0 Å². The zero-order valence-electron chi connectivity index (χ0n) is 9.35. The van der Waals surface area contributed by atoms with Crippen LogP contribution in [-0.4, -0.2) is 23.7 Å². The van der Waals surface area contributed by atoms with Crippen molar-refractivity contribution in [2.75, 3.05) is 12.3 Å². The number of carbonyl (C=O) groups excluding carboxylic acids is 1. The summed E-state index contributed by atoms with van der Waals surface area (Å²) in [7, 11) is 0. The number of Topliss-reactive ketones (excluding diaryl/α,β-unsaturated/α-hetero) is 1. The molecule has 0 spiro atoms. The lowest BCUT2D eigenvalue weighted by molar-refractivity contribution is -0.383. The monoisotopic (exact) mass is 260 g/mol. The highest BCUT2D eigenvalue weighted by atomic mass is 19.3. The van der Waals surface area contributed by atoms with E-state index in [9.17, 15) is 23.7 Å². The van der Waals surface area contributed by atoms with E-state index in [1.165, 1.54) is 0 Å². The van der Waals surface area contributed by atoms with Gasteiger partial charge in [-0.05, 0) is 6.92 Å². The molecule has 0 amide bonds. The maximum Gasteiger partial charge on any atom is 0.293 e. The molecule has 0 atom stereocenters. The van der Waals surface area contributed by atoms with E-state index in [0.717, 1.165) is 19.1 Å². The molecule has 0 aliphatic heterocycles. The fraction of sp³-hybridized carbons (Fsp3) is 0.300. The van der Waals surface area contributed by atoms with Gasteiger partial charge in [0.2, 0.25) is 0 Å². The number of nitrogen functional groups attached to an aromatic ring is 1. The number of hydrogen-bond donors (Lipinski definition) is 1. The second-order valence-electron chi connectivity index (χ2n) is 3.42. The average molecular weight is 260 g/mol. The average Bonchev–Trinajstić information content (AvgIpc) is 2.25. The number of ether oxygens (including phenoxy) is 1. The highest BCUT2D eigenvalue weighted by Gasteiger charge is 2.20. The van der Waals surface area contributed by atoms with Gasteiger partial charge in [-0.1, -0.05) is 0 Å². The molecular weight excluding hydrogens is 250 g/mol. The van der Waals surface area contributed by atoms with E-state index < -0.39 is 29.4 Å². The number of rotatable bonds is 5. The fourth-order valence-corrected chi connectivity index (χ4v) is 1.29. The van der Waals surface area contributed by atoms with Gasteiger partial charge >= 0.3 is 0 Å². The number of nitro groups is 1. The molecular formula is C10H10F2N2O4. The van der Waals surface area contributed by atoms with E-state index in [1.807, 2.05) is 0 Å². The quantitative estimate of drug-likeness (QED) is 0.378. The first-order valence-corrected chi connectivity index (χ1v) is 4.82. The van der Waals surface area contributed by atoms with Gasteiger partial charge in [-0.3, -0.25) is 14.9 Å². The molecule has 0 bridgehead atoms. The van der Waals surface area contributed by atoms with Gasteiger partial charge in [0.1, 0.15) is 18.0 Å². The smallest absolute Gasteiger partial charge is 0.293 e. The summed E-state index contributed by atoms with van der Waals surface area (Å²) in [5.74, 6) is -0.728. The van der Waals surface area contributed by atoms with Gasteiger partial charge in [0.15, 0.2) is 5.78 Å². The Bertz CT molecular complexity index is 491. The normalized spacial score (nSPS) is 10.4. The first-order chi connectivity index (χ1) is 8.32. The molecule has 0 aromatic heterocycles. The molecule has 1 rings (SSSR count). The van der Waals surface area contributed by atoms with Crippen LogP contribution in [-0.2, 0) is 0 Å². The predicted octanol–water partition coefficient (Wildman–Crippen LogP) is 2.02. The van der Waals surface area contributed by atoms with Crippen molar-refractivity contribution in [2.24, 2.45) is 0 Å². The van der Waals surface area contributed by atoms with Crippen molar-refractivity contribution in [2.45, 2.75) is 13.3 Å². The Morgan fingerprint density at radius 1 is 1.56 bits per heavy atom. The molecule has 98 valence electrons. The first kappa shape index (κ1) is 13.8. The Morgan fingerprint density at radius 3 is 2.61 bits per heavy atom. The lowest BCUT2D eigenvalue weighted by Gasteiger charge is -2.10. The minimum absolute atomic E-state index is 0.156. The summed E-state index contributed by atoms with van der Waals surface area (Å²) in [6, 6.07) is 1.91. The molecule has 0 radical (unpaired) electrons. The van der Waals surface area contributed by atoms with Crippen LogP contribution in [0, 0.1) is 10.1 Å². The van der Waals surface area contributed by atoms with E-state index in [4.69, 9.17) is 10.5 Å². The lowest BCUT2D eigenvalue weighted by atomic mass is 10.1. The molecule has 0 aliphatic carbocycles. The van der Waals surface area contributed by atoms with E-state index in [2.05, 4.69) is 0 Å². The van der Waals surface area contributed by atoms with Crippen molar-refractivity contribution in [1.82, 2.24) is 0 Å². The molecule has 1 aromatic rings. The van der Waals surface area contributed by atoms with Crippen LogP contribution >= 0.6 is 0 Å². The summed E-state index contributed by atoms with van der Waals surface area (Å²) in [6.07, 6.45) is -2.72. The summed E-state index contributed by atoms with van der Waals surface area (Å²) in [6.45, 7) is 0.224. The molecule has 2 N–H and O–H groups in total. The number of anilines is 1. The Morgan fingerprint density at radius 2 is 2.17 bits per heavy atom. The van der Waals surface area contributed by atoms with Gasteiger partial charge in [0, 0.05) is 12.1 Å². The van der Waals surface area contributed by atoms with Gasteiger partial charge in [-0.25, -0.2) is 8.78 Å². The van der Waals surface area contributed by atoms with Crippen molar-refractivity contribution in [3.8, 4) is 5.75 Å². The largest absolute Gasteiger partial charge is 0.487 e. The number of alkyl halides is 2. The molecule has 0 fully saturated rings. The van der Waals surface area contributed by atoms with Gasteiger partial charge < -0.3 is 10.5 Å². The minimum atomic E-state index is -2.72. The summed E-state index contributed by atoms with van der Waals surface area (Å²) in [4.78, 5) is 21.1. The SMILES string of the molecule is CC(=O)c1cc([N+](=O)[O-])c(N)cc1OCC(F)F. The van der Waals surface area contributed by atoms with Crippen molar-refractivity contribution < 1.29 is 23.2 Å². The van der Waals surface area contributed by atoms with Gasteiger partial charge in [0.25, 0.3) is 12.1 Å². The lowest BCUT2D eigenvalue weighted by Crippen LogP contribution is -2.10. The van der Waals surface area contributed by atoms with Crippen LogP contribution in [0.4, 0.5) is 20.2 Å². The number of hydrogen-bond acceptors (Lipinski definition) is 5. The van der Waals surface area contributed by atoms with Crippen LogP contribution in [0.15, 0.2) is 12.1 Å². The zero-order chi connectivity index (χ0) is 13.9. The molecule has 0 aliphatic rings. The molecule has 8 heteroatoms. The Balaban J connectivity index is 3.20. The maximum atomic E-state index is 12.0. The van der Waals surface area contributed by atoms with E-state index in [-0.39, 0.29) is 17.0 Å². The van der Waals surface area contributed by atoms with E-state index >= 15 is 0 Å². The van der Waals surface area contributed by atoms with E-state index in [1.54, 1.807) is 0 Å². The highest BCUT2D eigenvalue weighted by molar-refractivity contribution is 5.98. The second-order valence-corrected chi connectivity index (χ2v) is 3.42. The van der Waals surface area contributed by atoms with Crippen molar-refractivity contribution in [3.63, 3.8) is 0 Å². The number of nitrogens with zero attached hydrogens (tertiary/aromatic N) is 1. The Hall–Kier alpha value is -2.25. The number of nitrogens with two attached hydrogens (primary N) is 1. The van der Waals surface area contributed by atoms with Crippen LogP contribution in [0.5, 0.6) is 5.75 Å². The first-order valence-electron chi connectivity index (χ1n) is 4.82. The molecule has 1 aromatic carbocycles. The molecule has 0 saturated carbocycles. The molecule has 18 heavy (non-hydrogen) atoms. The van der Waals surface area contributed by atoms with Crippen LogP contribution in [0.2, 0.25) is 0 Å². The third-order valence-electron chi connectivity index (χ3n) is 2.07. The second kappa shape index (κ2) is 5.39. The number of ketones is 1. The van der Waals surface area contributed by atoms with Crippen LogP contribution < -0.4 is 10.5 Å². The number of halogens is 2. The van der Waals surface area contributed by atoms with Crippen LogP contribution in [0.1, 0.15) is 17.3 Å². The fourth-order valence-electron chi connectivity index (χ4n) is 1.29. The highest BCUT2D eigenvalue weighted by Crippen LogP contribution is 2.31. The van der Waals surface area contributed by atoms with Crippen molar-refractivity contribution in [3.05, 3.63) is 27.8 Å². The molecule has 0 unspecified atom stereocenters. The maximum absolute atomic E-state index is 12.0. The number of carbonyl (C=O) groups is 1. The molecule has 0 heterocycles.